The molecule has 0 saturated heterocycles. The fourth-order valence-electron chi connectivity index (χ4n) is 3.12. The summed E-state index contributed by atoms with van der Waals surface area (Å²) in [5, 5.41) is 6.36. The number of carbonyl (C=O) groups excluding carboxylic acids is 1. The van der Waals surface area contributed by atoms with Gasteiger partial charge in [0, 0.05) is 24.6 Å². The highest BCUT2D eigenvalue weighted by molar-refractivity contribution is 7.90. The molecule has 0 aliphatic heterocycles. The van der Waals surface area contributed by atoms with Gasteiger partial charge in [0.2, 0.25) is 0 Å². The van der Waals surface area contributed by atoms with Crippen molar-refractivity contribution < 1.29 is 27.2 Å². The molecule has 11 heteroatoms. The van der Waals surface area contributed by atoms with Crippen LogP contribution in [0.2, 0.25) is 0 Å². The maximum absolute atomic E-state index is 12.3. The van der Waals surface area contributed by atoms with Crippen LogP contribution in [0.1, 0.15) is 12.0 Å². The first-order valence-electron chi connectivity index (χ1n) is 10.7. The highest BCUT2D eigenvalue weighted by atomic mass is 32.2. The summed E-state index contributed by atoms with van der Waals surface area (Å²) in [7, 11) is -3.22. The van der Waals surface area contributed by atoms with Gasteiger partial charge in [-0.25, -0.2) is 18.2 Å². The Kier molecular flexibility index (Phi) is 7.46. The van der Waals surface area contributed by atoms with E-state index in [1.165, 1.54) is 29.6 Å². The molecule has 0 bridgehead atoms. The highest BCUT2D eigenvalue weighted by Gasteiger charge is 2.09. The van der Waals surface area contributed by atoms with Crippen molar-refractivity contribution >= 4 is 15.9 Å². The van der Waals surface area contributed by atoms with Crippen LogP contribution < -0.4 is 14.8 Å². The molecule has 0 saturated carbocycles. The molecule has 0 atom stereocenters. The normalized spacial score (nSPS) is 11.2. The molecule has 10 nitrogen and oxygen atoms in total. The van der Waals surface area contributed by atoms with E-state index in [0.29, 0.717) is 43.4 Å². The summed E-state index contributed by atoms with van der Waals surface area (Å²) in [6.45, 7) is 1.18. The summed E-state index contributed by atoms with van der Waals surface area (Å²) in [6.07, 6.45) is 7.80. The van der Waals surface area contributed by atoms with E-state index in [0.717, 1.165) is 11.1 Å². The number of hydrogen-bond acceptors (Lipinski definition) is 8. The number of nitrogens with one attached hydrogen (secondary N) is 1. The van der Waals surface area contributed by atoms with Crippen molar-refractivity contribution in [3.8, 4) is 22.8 Å². The summed E-state index contributed by atoms with van der Waals surface area (Å²) >= 11 is 0. The van der Waals surface area contributed by atoms with Gasteiger partial charge in [-0.05, 0) is 48.4 Å². The molecule has 0 spiro atoms. The molecule has 0 fully saturated rings. The minimum absolute atomic E-state index is 0.274. The molecule has 0 radical (unpaired) electrons. The number of nitrogens with zero attached hydrogens (tertiary/aromatic N) is 3. The molecule has 2 aromatic carbocycles. The van der Waals surface area contributed by atoms with Gasteiger partial charge in [0.1, 0.15) is 24.9 Å². The maximum atomic E-state index is 12.3. The highest BCUT2D eigenvalue weighted by Crippen LogP contribution is 2.22. The molecule has 0 unspecified atom stereocenters. The number of aromatic nitrogens is 3. The molecule has 35 heavy (non-hydrogen) atoms. The van der Waals surface area contributed by atoms with Crippen LogP contribution in [-0.2, 0) is 16.4 Å². The number of hydrogen-bond donors (Lipinski definition) is 1. The Bertz CT molecular complexity index is 1350. The average molecular weight is 497 g/mol. The Morgan fingerprint density at radius 2 is 1.83 bits per heavy atom. The second-order valence-electron chi connectivity index (χ2n) is 7.69. The van der Waals surface area contributed by atoms with E-state index in [1.54, 1.807) is 30.5 Å². The largest absolute Gasteiger partial charge is 0.489 e. The number of benzene rings is 2. The van der Waals surface area contributed by atoms with Crippen molar-refractivity contribution in [2.45, 2.75) is 17.9 Å². The summed E-state index contributed by atoms with van der Waals surface area (Å²) in [5.74, 6) is 1.21. The summed E-state index contributed by atoms with van der Waals surface area (Å²) < 4.78 is 40.4. The molecule has 182 valence electrons. The predicted octanol–water partition coefficient (Wildman–Crippen LogP) is 3.55. The number of rotatable bonds is 10. The van der Waals surface area contributed by atoms with Crippen molar-refractivity contribution in [2.24, 2.45) is 0 Å². The Balaban J connectivity index is 1.24. The second kappa shape index (κ2) is 10.9. The molecular formula is C24H24N4O6S. The van der Waals surface area contributed by atoms with Crippen LogP contribution in [0.25, 0.3) is 11.3 Å². The van der Waals surface area contributed by atoms with Crippen molar-refractivity contribution in [3.05, 3.63) is 79.1 Å². The molecule has 2 heterocycles. The smallest absolute Gasteiger partial charge is 0.326 e. The second-order valence-corrected chi connectivity index (χ2v) is 9.71. The molecule has 0 aliphatic rings. The van der Waals surface area contributed by atoms with E-state index < -0.39 is 9.84 Å². The Morgan fingerprint density at radius 3 is 2.51 bits per heavy atom. The maximum Gasteiger partial charge on any atom is 0.326 e. The quantitative estimate of drug-likeness (QED) is 0.331. The van der Waals surface area contributed by atoms with Crippen molar-refractivity contribution in [2.75, 3.05) is 19.4 Å². The van der Waals surface area contributed by atoms with Crippen molar-refractivity contribution in [1.29, 1.82) is 0 Å². The minimum atomic E-state index is -3.22. The van der Waals surface area contributed by atoms with E-state index >= 15 is 0 Å². The lowest BCUT2D eigenvalue weighted by Crippen LogP contribution is -2.29. The van der Waals surface area contributed by atoms with Gasteiger partial charge in [-0.2, -0.15) is 0 Å². The van der Waals surface area contributed by atoms with Gasteiger partial charge in [-0.1, -0.05) is 17.3 Å². The molecule has 1 N–H and O–H groups in total. The van der Waals surface area contributed by atoms with Gasteiger partial charge >= 0.3 is 6.03 Å². The number of carbonyl (C=O) groups is 1. The third-order valence-electron chi connectivity index (χ3n) is 5.00. The standard InChI is InChI=1S/C24H24N4O6S/c1-35(30,31)22-9-3-18(4-10-22)15-33-20-7-5-19(6-8-20)23-14-28(17-26-23)24(29)25-11-2-12-32-21-13-27-34-16-21/h3-10,13-14,16-17H,2,11-12,15H2,1H3,(H,25,29). The van der Waals surface area contributed by atoms with Crippen molar-refractivity contribution in [3.63, 3.8) is 0 Å². The van der Waals surface area contributed by atoms with E-state index in [9.17, 15) is 13.2 Å². The average Bonchev–Trinajstić information content (AvgIpc) is 3.55. The molecule has 1 amide bonds. The SMILES string of the molecule is CS(=O)(=O)c1ccc(COc2ccc(-c3cn(C(=O)NCCCOc4cnoc4)cn3)cc2)cc1. The Morgan fingerprint density at radius 1 is 1.06 bits per heavy atom. The first-order valence-corrected chi connectivity index (χ1v) is 12.6. The number of ether oxygens (including phenoxy) is 2. The minimum Gasteiger partial charge on any atom is -0.489 e. The third kappa shape index (κ3) is 6.70. The molecule has 0 aliphatic carbocycles. The Labute approximate surface area is 202 Å². The van der Waals surface area contributed by atoms with Crippen LogP contribution in [-0.4, -0.2) is 48.6 Å². The fourth-order valence-corrected chi connectivity index (χ4v) is 3.75. The van der Waals surface area contributed by atoms with Crippen LogP contribution in [0.15, 0.2) is 82.9 Å². The zero-order chi connectivity index (χ0) is 24.7. The lowest BCUT2D eigenvalue weighted by atomic mass is 10.1. The zero-order valence-electron chi connectivity index (χ0n) is 19.0. The van der Waals surface area contributed by atoms with Gasteiger partial charge in [0.05, 0.1) is 17.2 Å². The van der Waals surface area contributed by atoms with E-state index in [1.807, 2.05) is 24.3 Å². The van der Waals surface area contributed by atoms with Crippen molar-refractivity contribution in [1.82, 2.24) is 20.0 Å². The fraction of sp³-hybridized carbons (Fsp3) is 0.208. The van der Waals surface area contributed by atoms with Crippen LogP contribution in [0.5, 0.6) is 11.5 Å². The van der Waals surface area contributed by atoms with E-state index in [-0.39, 0.29) is 10.9 Å². The lowest BCUT2D eigenvalue weighted by molar-refractivity contribution is 0.240. The number of imidazole rings is 1. The molecule has 4 aromatic rings. The molecular weight excluding hydrogens is 472 g/mol. The Hall–Kier alpha value is -4.12. The zero-order valence-corrected chi connectivity index (χ0v) is 19.8. The van der Waals surface area contributed by atoms with E-state index in [4.69, 9.17) is 9.47 Å². The van der Waals surface area contributed by atoms with Gasteiger partial charge in [0.15, 0.2) is 21.8 Å². The van der Waals surface area contributed by atoms with Gasteiger partial charge in [-0.3, -0.25) is 4.57 Å². The molecule has 2 aromatic heterocycles. The van der Waals surface area contributed by atoms with Crippen LogP contribution in [0.4, 0.5) is 4.79 Å². The molecule has 4 rings (SSSR count). The van der Waals surface area contributed by atoms with Crippen LogP contribution >= 0.6 is 0 Å². The van der Waals surface area contributed by atoms with Gasteiger partial charge in [-0.15, -0.1) is 0 Å². The first-order chi connectivity index (χ1) is 16.9. The lowest BCUT2D eigenvalue weighted by Gasteiger charge is -2.08. The summed E-state index contributed by atoms with van der Waals surface area (Å²) in [6, 6.07) is 13.6. The van der Waals surface area contributed by atoms with Gasteiger partial charge < -0.3 is 19.3 Å². The van der Waals surface area contributed by atoms with Crippen LogP contribution in [0.3, 0.4) is 0 Å². The van der Waals surface area contributed by atoms with E-state index in [2.05, 4.69) is 20.0 Å². The summed E-state index contributed by atoms with van der Waals surface area (Å²) in [5.41, 5.74) is 2.35. The predicted molar refractivity (Wildman–Crippen MR) is 127 cm³/mol. The number of sulfone groups is 1. The third-order valence-corrected chi connectivity index (χ3v) is 6.13. The monoisotopic (exact) mass is 496 g/mol. The number of amides is 1. The van der Waals surface area contributed by atoms with Gasteiger partial charge in [0.25, 0.3) is 0 Å². The first kappa shape index (κ1) is 24.0. The van der Waals surface area contributed by atoms with Crippen LogP contribution in [0, 0.1) is 0 Å². The topological polar surface area (TPSA) is 126 Å². The summed E-state index contributed by atoms with van der Waals surface area (Å²) in [4.78, 5) is 16.9.